The Balaban J connectivity index is 2.53. The highest BCUT2D eigenvalue weighted by Crippen LogP contribution is 2.23. The second-order valence-electron chi connectivity index (χ2n) is 8.81. The molecule has 0 saturated heterocycles. The van der Waals surface area contributed by atoms with Gasteiger partial charge in [0, 0.05) is 0 Å². The number of unbranched alkanes of at least 4 members (excludes halogenated alkanes) is 11. The van der Waals surface area contributed by atoms with Gasteiger partial charge in [0.15, 0.2) is 0 Å². The maximum Gasteiger partial charge on any atom is 0.264 e. The zero-order valence-electron chi connectivity index (χ0n) is 20.0. The van der Waals surface area contributed by atoms with Crippen molar-refractivity contribution in [1.82, 2.24) is 0 Å². The highest BCUT2D eigenvalue weighted by Gasteiger charge is 2.07. The van der Waals surface area contributed by atoms with E-state index in [0.29, 0.717) is 19.4 Å². The first-order valence-corrected chi connectivity index (χ1v) is 14.3. The van der Waals surface area contributed by atoms with Crippen LogP contribution in [-0.2, 0) is 23.0 Å². The molecular formula is C26H46O4S. The lowest BCUT2D eigenvalue weighted by atomic mass is 9.96. The minimum Gasteiger partial charge on any atom is -0.494 e. The molecule has 4 nitrogen and oxygen atoms in total. The van der Waals surface area contributed by atoms with Crippen molar-refractivity contribution in [2.24, 2.45) is 0 Å². The predicted molar refractivity (Wildman–Crippen MR) is 132 cm³/mol. The van der Waals surface area contributed by atoms with Crippen molar-refractivity contribution in [3.8, 4) is 5.75 Å². The average molecular weight is 455 g/mol. The van der Waals surface area contributed by atoms with Crippen molar-refractivity contribution in [1.29, 1.82) is 0 Å². The van der Waals surface area contributed by atoms with Gasteiger partial charge in [-0.1, -0.05) is 84.1 Å². The second kappa shape index (κ2) is 17.5. The third-order valence-electron chi connectivity index (χ3n) is 5.84. The lowest BCUT2D eigenvalue weighted by Gasteiger charge is -2.13. The van der Waals surface area contributed by atoms with Crippen molar-refractivity contribution in [2.45, 2.75) is 117 Å². The van der Waals surface area contributed by atoms with Gasteiger partial charge in [0.25, 0.3) is 10.1 Å². The predicted octanol–water partition coefficient (Wildman–Crippen LogP) is 7.54. The largest absolute Gasteiger partial charge is 0.494 e. The maximum absolute atomic E-state index is 10.8. The Morgan fingerprint density at radius 3 is 1.84 bits per heavy atom. The first-order chi connectivity index (χ1) is 15.0. The molecule has 0 aliphatic carbocycles. The molecule has 0 unspecified atom stereocenters. The van der Waals surface area contributed by atoms with Crippen LogP contribution >= 0.6 is 0 Å². The van der Waals surface area contributed by atoms with Crippen LogP contribution in [0.2, 0.25) is 0 Å². The second-order valence-corrected chi connectivity index (χ2v) is 10.4. The van der Waals surface area contributed by atoms with E-state index in [1.165, 1.54) is 88.2 Å². The summed E-state index contributed by atoms with van der Waals surface area (Å²) in [5.41, 5.74) is 2.88. The van der Waals surface area contributed by atoms with E-state index in [0.717, 1.165) is 18.6 Å². The Bertz CT molecular complexity index is 670. The lowest BCUT2D eigenvalue weighted by molar-refractivity contribution is 0.308. The van der Waals surface area contributed by atoms with Crippen LogP contribution in [0.5, 0.6) is 5.75 Å². The van der Waals surface area contributed by atoms with Crippen molar-refractivity contribution < 1.29 is 17.7 Å². The van der Waals surface area contributed by atoms with Gasteiger partial charge in [-0.3, -0.25) is 4.55 Å². The van der Waals surface area contributed by atoms with Crippen molar-refractivity contribution >= 4 is 10.1 Å². The summed E-state index contributed by atoms with van der Waals surface area (Å²) in [7, 11) is -3.87. The van der Waals surface area contributed by atoms with Gasteiger partial charge < -0.3 is 4.74 Å². The third kappa shape index (κ3) is 15.4. The highest BCUT2D eigenvalue weighted by atomic mass is 32.2. The Hall–Kier alpha value is -1.07. The summed E-state index contributed by atoms with van der Waals surface area (Å²) in [6, 6.07) is 6.48. The molecule has 31 heavy (non-hydrogen) atoms. The van der Waals surface area contributed by atoms with E-state index in [1.807, 2.05) is 0 Å². The minimum atomic E-state index is -3.87. The summed E-state index contributed by atoms with van der Waals surface area (Å²) in [6.45, 7) is 4.98. The van der Waals surface area contributed by atoms with E-state index < -0.39 is 10.1 Å². The fraction of sp³-hybridized carbons (Fsp3) is 0.769. The van der Waals surface area contributed by atoms with E-state index in [2.05, 4.69) is 32.0 Å². The molecule has 1 aromatic rings. The van der Waals surface area contributed by atoms with Crippen LogP contribution in [0.1, 0.15) is 115 Å². The van der Waals surface area contributed by atoms with Crippen molar-refractivity contribution in [3.05, 3.63) is 29.3 Å². The molecule has 0 fully saturated rings. The fourth-order valence-electron chi connectivity index (χ4n) is 3.94. The quantitative estimate of drug-likeness (QED) is 0.163. The molecule has 0 amide bonds. The SMILES string of the molecule is CCCCCCCCc1ccc(OCCCCS(=O)(=O)O)cc1CCCCCCCC. The molecule has 0 bridgehead atoms. The molecule has 0 saturated carbocycles. The van der Waals surface area contributed by atoms with Crippen LogP contribution in [0.3, 0.4) is 0 Å². The topological polar surface area (TPSA) is 63.6 Å². The number of rotatable bonds is 20. The number of benzene rings is 1. The highest BCUT2D eigenvalue weighted by molar-refractivity contribution is 7.85. The zero-order valence-corrected chi connectivity index (χ0v) is 20.9. The monoisotopic (exact) mass is 454 g/mol. The Kier molecular flexibility index (Phi) is 15.8. The molecule has 180 valence electrons. The number of hydrogen-bond donors (Lipinski definition) is 1. The third-order valence-corrected chi connectivity index (χ3v) is 6.65. The van der Waals surface area contributed by atoms with E-state index >= 15 is 0 Å². The van der Waals surface area contributed by atoms with Gasteiger partial charge in [0.1, 0.15) is 5.75 Å². The molecule has 0 aliphatic heterocycles. The summed E-state index contributed by atoms with van der Waals surface area (Å²) < 4.78 is 36.3. The van der Waals surface area contributed by atoms with Gasteiger partial charge in [-0.15, -0.1) is 0 Å². The first kappa shape index (κ1) is 28.0. The van der Waals surface area contributed by atoms with Crippen LogP contribution < -0.4 is 4.74 Å². The molecule has 1 rings (SSSR count). The first-order valence-electron chi connectivity index (χ1n) is 12.7. The standard InChI is InChI=1S/C26H46O4S/c1-3-5-7-9-11-13-17-24-19-20-26(30-21-15-16-22-31(27,28)29)23-25(24)18-14-12-10-8-6-4-2/h19-20,23H,3-18,21-22H2,1-2H3,(H,27,28,29). The average Bonchev–Trinajstić information content (AvgIpc) is 2.73. The van der Waals surface area contributed by atoms with Crippen LogP contribution in [0.25, 0.3) is 0 Å². The summed E-state index contributed by atoms with van der Waals surface area (Å²) >= 11 is 0. The fourth-order valence-corrected chi connectivity index (χ4v) is 4.51. The Morgan fingerprint density at radius 1 is 0.710 bits per heavy atom. The summed E-state index contributed by atoms with van der Waals surface area (Å²) in [5.74, 6) is 0.677. The Morgan fingerprint density at radius 2 is 1.26 bits per heavy atom. The molecule has 1 aromatic carbocycles. The molecule has 0 heterocycles. The molecular weight excluding hydrogens is 408 g/mol. The molecule has 0 atom stereocenters. The Labute approximate surface area is 191 Å². The molecule has 5 heteroatoms. The van der Waals surface area contributed by atoms with E-state index in [-0.39, 0.29) is 5.75 Å². The summed E-state index contributed by atoms with van der Waals surface area (Å²) in [4.78, 5) is 0. The number of hydrogen-bond acceptors (Lipinski definition) is 3. The number of ether oxygens (including phenoxy) is 1. The van der Waals surface area contributed by atoms with E-state index in [1.54, 1.807) is 0 Å². The normalized spacial score (nSPS) is 11.7. The van der Waals surface area contributed by atoms with Crippen molar-refractivity contribution in [3.63, 3.8) is 0 Å². The van der Waals surface area contributed by atoms with Crippen LogP contribution in [0, 0.1) is 0 Å². The molecule has 0 aromatic heterocycles. The molecule has 0 radical (unpaired) electrons. The minimum absolute atomic E-state index is 0.198. The van der Waals surface area contributed by atoms with E-state index in [4.69, 9.17) is 9.29 Å². The molecule has 0 spiro atoms. The van der Waals surface area contributed by atoms with Crippen molar-refractivity contribution in [2.75, 3.05) is 12.4 Å². The van der Waals surface area contributed by atoms with Gasteiger partial charge in [-0.25, -0.2) is 0 Å². The lowest BCUT2D eigenvalue weighted by Crippen LogP contribution is -2.06. The number of aryl methyl sites for hydroxylation is 2. The molecule has 0 aliphatic rings. The molecule has 1 N–H and O–H groups in total. The summed E-state index contributed by atoms with van der Waals surface area (Å²) in [5, 5.41) is 0. The smallest absolute Gasteiger partial charge is 0.264 e. The van der Waals surface area contributed by atoms with Gasteiger partial charge in [-0.05, 0) is 61.8 Å². The van der Waals surface area contributed by atoms with Crippen LogP contribution in [-0.4, -0.2) is 25.3 Å². The van der Waals surface area contributed by atoms with Crippen LogP contribution in [0.4, 0.5) is 0 Å². The zero-order chi connectivity index (χ0) is 22.8. The van der Waals surface area contributed by atoms with Crippen LogP contribution in [0.15, 0.2) is 18.2 Å². The van der Waals surface area contributed by atoms with Gasteiger partial charge in [0.2, 0.25) is 0 Å². The summed E-state index contributed by atoms with van der Waals surface area (Å²) in [6.07, 6.45) is 19.0. The van der Waals surface area contributed by atoms with Gasteiger partial charge in [-0.2, -0.15) is 8.42 Å². The maximum atomic E-state index is 10.8. The van der Waals surface area contributed by atoms with Gasteiger partial charge in [0.05, 0.1) is 12.4 Å². The van der Waals surface area contributed by atoms with Gasteiger partial charge >= 0.3 is 0 Å². The van der Waals surface area contributed by atoms with E-state index in [9.17, 15) is 8.42 Å².